The fraction of sp³-hybridized carbons (Fsp3) is 0.304. The van der Waals surface area contributed by atoms with Crippen LogP contribution in [0, 0.1) is 13.8 Å². The highest BCUT2D eigenvalue weighted by molar-refractivity contribution is 7.89. The molecule has 162 valence electrons. The average Bonchev–Trinajstić information content (AvgIpc) is 2.79. The number of piperazine rings is 1. The first-order valence-corrected chi connectivity index (χ1v) is 11.6. The summed E-state index contributed by atoms with van der Waals surface area (Å²) in [5.41, 5.74) is 3.02. The van der Waals surface area contributed by atoms with Gasteiger partial charge in [0, 0.05) is 43.5 Å². The average molecular weight is 439 g/mol. The second-order valence-corrected chi connectivity index (χ2v) is 9.57. The van der Waals surface area contributed by atoms with E-state index in [-0.39, 0.29) is 4.90 Å². The van der Waals surface area contributed by atoms with Gasteiger partial charge in [0.25, 0.3) is 0 Å². The minimum Gasteiger partial charge on any atom is -0.497 e. The van der Waals surface area contributed by atoms with Crippen molar-refractivity contribution in [2.75, 3.05) is 38.2 Å². The van der Waals surface area contributed by atoms with Gasteiger partial charge in [-0.25, -0.2) is 18.4 Å². The number of rotatable bonds is 5. The summed E-state index contributed by atoms with van der Waals surface area (Å²) in [4.78, 5) is 11.8. The minimum atomic E-state index is -3.54. The van der Waals surface area contributed by atoms with Gasteiger partial charge < -0.3 is 9.64 Å². The number of aryl methyl sites for hydroxylation is 2. The van der Waals surface area contributed by atoms with E-state index in [4.69, 9.17) is 9.72 Å². The third-order valence-electron chi connectivity index (χ3n) is 5.38. The first-order valence-electron chi connectivity index (χ1n) is 10.2. The second-order valence-electron chi connectivity index (χ2n) is 7.63. The zero-order valence-electron chi connectivity index (χ0n) is 17.9. The van der Waals surface area contributed by atoms with Crippen LogP contribution in [0.25, 0.3) is 11.4 Å². The van der Waals surface area contributed by atoms with E-state index in [2.05, 4.69) is 16.0 Å². The number of hydrogen-bond acceptors (Lipinski definition) is 6. The molecule has 1 aliphatic rings. The van der Waals surface area contributed by atoms with E-state index in [0.29, 0.717) is 37.8 Å². The maximum Gasteiger partial charge on any atom is 0.243 e. The largest absolute Gasteiger partial charge is 0.497 e. The zero-order chi connectivity index (χ0) is 22.0. The molecule has 0 atom stereocenters. The van der Waals surface area contributed by atoms with Crippen molar-refractivity contribution in [3.8, 4) is 17.1 Å². The van der Waals surface area contributed by atoms with Crippen molar-refractivity contribution in [1.29, 1.82) is 0 Å². The van der Waals surface area contributed by atoms with Crippen LogP contribution in [-0.2, 0) is 10.0 Å². The van der Waals surface area contributed by atoms with Gasteiger partial charge in [-0.2, -0.15) is 4.31 Å². The highest BCUT2D eigenvalue weighted by Gasteiger charge is 2.29. The molecule has 8 heteroatoms. The molecule has 0 saturated carbocycles. The third kappa shape index (κ3) is 4.55. The molecule has 1 aromatic heterocycles. The summed E-state index contributed by atoms with van der Waals surface area (Å²) in [6, 6.07) is 16.6. The lowest BCUT2D eigenvalue weighted by atomic mass is 10.1. The van der Waals surface area contributed by atoms with E-state index in [1.54, 1.807) is 31.4 Å². The van der Waals surface area contributed by atoms with Crippen LogP contribution in [0.3, 0.4) is 0 Å². The van der Waals surface area contributed by atoms with Crippen molar-refractivity contribution >= 4 is 15.8 Å². The molecule has 31 heavy (non-hydrogen) atoms. The molecule has 0 unspecified atom stereocenters. The van der Waals surface area contributed by atoms with Crippen molar-refractivity contribution in [2.24, 2.45) is 0 Å². The Kier molecular flexibility index (Phi) is 5.93. The van der Waals surface area contributed by atoms with E-state index >= 15 is 0 Å². The first-order chi connectivity index (χ1) is 14.9. The molecule has 0 amide bonds. The Labute approximate surface area is 183 Å². The van der Waals surface area contributed by atoms with Gasteiger partial charge in [0.2, 0.25) is 10.0 Å². The standard InChI is InChI=1S/C23H26N4O3S/c1-17-5-4-6-19(15-17)23-24-18(2)16-22(25-23)26-11-13-27(14-12-26)31(28,29)21-9-7-20(30-3)8-10-21/h4-10,15-16H,11-14H2,1-3H3. The summed E-state index contributed by atoms with van der Waals surface area (Å²) >= 11 is 0. The lowest BCUT2D eigenvalue weighted by Crippen LogP contribution is -2.49. The Morgan fingerprint density at radius 3 is 2.26 bits per heavy atom. The van der Waals surface area contributed by atoms with Gasteiger partial charge in [0.15, 0.2) is 5.82 Å². The zero-order valence-corrected chi connectivity index (χ0v) is 18.8. The molecule has 0 aliphatic carbocycles. The maximum atomic E-state index is 13.0. The fourth-order valence-corrected chi connectivity index (χ4v) is 5.10. The van der Waals surface area contributed by atoms with E-state index in [1.165, 1.54) is 4.31 Å². The SMILES string of the molecule is COc1ccc(S(=O)(=O)N2CCN(c3cc(C)nc(-c4cccc(C)c4)n3)CC2)cc1. The van der Waals surface area contributed by atoms with Crippen LogP contribution >= 0.6 is 0 Å². The predicted octanol–water partition coefficient (Wildman–Crippen LogP) is 3.28. The van der Waals surface area contributed by atoms with Crippen LogP contribution in [0.5, 0.6) is 5.75 Å². The number of hydrogen-bond donors (Lipinski definition) is 0. The molecular weight excluding hydrogens is 412 g/mol. The highest BCUT2D eigenvalue weighted by atomic mass is 32.2. The van der Waals surface area contributed by atoms with E-state index in [0.717, 1.165) is 22.6 Å². The molecule has 1 saturated heterocycles. The normalized spacial score (nSPS) is 15.1. The fourth-order valence-electron chi connectivity index (χ4n) is 3.68. The molecule has 7 nitrogen and oxygen atoms in total. The second kappa shape index (κ2) is 8.64. The lowest BCUT2D eigenvalue weighted by Gasteiger charge is -2.34. The Hall–Kier alpha value is -2.97. The van der Waals surface area contributed by atoms with Gasteiger partial charge in [-0.3, -0.25) is 0 Å². The molecule has 1 fully saturated rings. The van der Waals surface area contributed by atoms with E-state index in [9.17, 15) is 8.42 Å². The molecule has 0 radical (unpaired) electrons. The Balaban J connectivity index is 1.51. The van der Waals surface area contributed by atoms with Crippen LogP contribution in [0.4, 0.5) is 5.82 Å². The number of aromatic nitrogens is 2. The van der Waals surface area contributed by atoms with Crippen molar-refractivity contribution in [1.82, 2.24) is 14.3 Å². The van der Waals surface area contributed by atoms with Crippen LogP contribution in [0.1, 0.15) is 11.3 Å². The highest BCUT2D eigenvalue weighted by Crippen LogP contribution is 2.24. The Morgan fingerprint density at radius 1 is 0.903 bits per heavy atom. The van der Waals surface area contributed by atoms with Gasteiger partial charge in [-0.15, -0.1) is 0 Å². The molecule has 0 N–H and O–H groups in total. The molecule has 1 aliphatic heterocycles. The summed E-state index contributed by atoms with van der Waals surface area (Å²) < 4.78 is 32.6. The van der Waals surface area contributed by atoms with Crippen molar-refractivity contribution in [3.05, 3.63) is 65.9 Å². The number of ether oxygens (including phenoxy) is 1. The summed E-state index contributed by atoms with van der Waals surface area (Å²) in [7, 11) is -1.98. The quantitative estimate of drug-likeness (QED) is 0.609. The topological polar surface area (TPSA) is 75.6 Å². The minimum absolute atomic E-state index is 0.279. The van der Waals surface area contributed by atoms with Gasteiger partial charge >= 0.3 is 0 Å². The molecule has 0 spiro atoms. The number of benzene rings is 2. The summed E-state index contributed by atoms with van der Waals surface area (Å²) in [6.45, 7) is 5.93. The number of anilines is 1. The van der Waals surface area contributed by atoms with Gasteiger partial charge in [-0.1, -0.05) is 23.8 Å². The molecular formula is C23H26N4O3S. The van der Waals surface area contributed by atoms with Crippen LogP contribution in [-0.4, -0.2) is 56.0 Å². The van der Waals surface area contributed by atoms with Crippen LogP contribution < -0.4 is 9.64 Å². The van der Waals surface area contributed by atoms with Gasteiger partial charge in [0.1, 0.15) is 11.6 Å². The smallest absolute Gasteiger partial charge is 0.243 e. The lowest BCUT2D eigenvalue weighted by molar-refractivity contribution is 0.383. The van der Waals surface area contributed by atoms with Crippen LogP contribution in [0.2, 0.25) is 0 Å². The molecule has 3 aromatic rings. The number of nitrogens with zero attached hydrogens (tertiary/aromatic N) is 4. The van der Waals surface area contributed by atoms with Crippen molar-refractivity contribution in [2.45, 2.75) is 18.7 Å². The summed E-state index contributed by atoms with van der Waals surface area (Å²) in [5.74, 6) is 2.14. The number of sulfonamides is 1. The molecule has 2 aromatic carbocycles. The maximum absolute atomic E-state index is 13.0. The van der Waals surface area contributed by atoms with E-state index in [1.807, 2.05) is 38.1 Å². The Bertz CT molecular complexity index is 1170. The number of methoxy groups -OCH3 is 1. The van der Waals surface area contributed by atoms with Crippen molar-refractivity contribution < 1.29 is 13.2 Å². The van der Waals surface area contributed by atoms with Crippen molar-refractivity contribution in [3.63, 3.8) is 0 Å². The monoisotopic (exact) mass is 438 g/mol. The van der Waals surface area contributed by atoms with Gasteiger partial charge in [-0.05, 0) is 44.2 Å². The predicted molar refractivity (Wildman–Crippen MR) is 121 cm³/mol. The summed E-state index contributed by atoms with van der Waals surface area (Å²) in [6.07, 6.45) is 0. The van der Waals surface area contributed by atoms with E-state index < -0.39 is 10.0 Å². The first kappa shape index (κ1) is 21.3. The summed E-state index contributed by atoms with van der Waals surface area (Å²) in [5, 5.41) is 0. The Morgan fingerprint density at radius 2 is 1.61 bits per heavy atom. The molecule has 2 heterocycles. The molecule has 0 bridgehead atoms. The molecule has 4 rings (SSSR count). The third-order valence-corrected chi connectivity index (χ3v) is 7.29. The van der Waals surface area contributed by atoms with Crippen LogP contribution in [0.15, 0.2) is 59.5 Å². The van der Waals surface area contributed by atoms with Gasteiger partial charge in [0.05, 0.1) is 12.0 Å².